The monoisotopic (exact) mass is 1590 g/mol. The SMILES string of the molecule is [2H]c1nc(NS(=O)(=O)NC([2H])([2H])C([2H])([2H])C)c(-c2c([2H])c([2H])c(Br)c([2H])c2[2H])c(OC([2H])([2H])C([2H])([2H])Oc2ncc(C)cn2)n1.[2H]c1nc(NS(=O)(=O)NC([2H])([2H])CC)c(-c2c([2H])c([2H])c(Br)c([2H])c2[2H])c(OC([2H])([2H])C([2H])([2H])Oc2ncc(C)cn2)n1.[2H]c1nc(NS(=O)(=O)NCCC)c(-c2ccc(Br)cc2)c(OCCOc2nc([2H])c(C)c([2H])n2)n1. The first-order valence-corrected chi connectivity index (χ1v) is 33.6. The van der Waals surface area contributed by atoms with Gasteiger partial charge >= 0.3 is 18.0 Å². The van der Waals surface area contributed by atoms with Gasteiger partial charge in [0.25, 0.3) is 30.6 Å². The second-order valence-corrected chi connectivity index (χ2v) is 24.5. The molecule has 9 rings (SSSR count). The molecule has 0 aliphatic heterocycles. The molecule has 36 heteroatoms. The first kappa shape index (κ1) is 45.1. The molecule has 0 bridgehead atoms. The van der Waals surface area contributed by atoms with Gasteiger partial charge in [-0.1, -0.05) is 105 Å². The number of aromatic nitrogens is 12. The molecule has 3 aromatic carbocycles. The first-order chi connectivity index (χ1) is 56.5. The van der Waals surface area contributed by atoms with Crippen LogP contribution in [0.1, 0.15) is 93.7 Å². The highest BCUT2D eigenvalue weighted by atomic mass is 79.9. The molecule has 30 nitrogen and oxygen atoms in total. The summed E-state index contributed by atoms with van der Waals surface area (Å²) >= 11 is 9.19. The van der Waals surface area contributed by atoms with E-state index in [0.29, 0.717) is 28.7 Å². The molecular formula is C60H69Br3N18O12S3. The van der Waals surface area contributed by atoms with Crippen LogP contribution in [-0.4, -0.2) is 144 Å². The highest BCUT2D eigenvalue weighted by molar-refractivity contribution is 9.11. The van der Waals surface area contributed by atoms with Crippen LogP contribution in [0.3, 0.4) is 0 Å². The third-order valence-electron chi connectivity index (χ3n) is 10.4. The number of hydrogen-bond donors (Lipinski definition) is 6. The van der Waals surface area contributed by atoms with E-state index >= 15 is 0 Å². The maximum absolute atomic E-state index is 13.0. The van der Waals surface area contributed by atoms with Crippen molar-refractivity contribution in [3.8, 4) is 69.1 Å². The average molecular weight is 1600 g/mol. The molecule has 0 saturated heterocycles. The number of rotatable bonds is 33. The Morgan fingerprint density at radius 2 is 0.802 bits per heavy atom. The summed E-state index contributed by atoms with van der Waals surface area (Å²) in [5.74, 6) is -4.39. The highest BCUT2D eigenvalue weighted by Gasteiger charge is 2.23. The summed E-state index contributed by atoms with van der Waals surface area (Å²) in [5, 5.41) is 0. The van der Waals surface area contributed by atoms with Gasteiger partial charge in [0.1, 0.15) is 62.5 Å². The predicted molar refractivity (Wildman–Crippen MR) is 371 cm³/mol. The number of halogens is 3. The van der Waals surface area contributed by atoms with Crippen LogP contribution in [0.5, 0.6) is 35.7 Å². The van der Waals surface area contributed by atoms with Crippen LogP contribution in [0.4, 0.5) is 17.5 Å². The fraction of sp³-hybridized carbons (Fsp3) is 0.300. The Kier molecular flexibility index (Phi) is 17.7. The van der Waals surface area contributed by atoms with E-state index in [-0.39, 0.29) is 70.7 Å². The van der Waals surface area contributed by atoms with Crippen molar-refractivity contribution in [3.63, 3.8) is 0 Å². The molecule has 6 N–H and O–H groups in total. The molecule has 510 valence electrons. The van der Waals surface area contributed by atoms with E-state index < -0.39 is 201 Å². The van der Waals surface area contributed by atoms with E-state index in [1.54, 1.807) is 54.5 Å². The summed E-state index contributed by atoms with van der Waals surface area (Å²) in [6.07, 6.45) is -0.227. The van der Waals surface area contributed by atoms with Gasteiger partial charge in [-0.3, -0.25) is 14.2 Å². The Balaban J connectivity index is 0.000000256. The molecule has 6 aromatic heterocycles. The summed E-state index contributed by atoms with van der Waals surface area (Å²) in [5.41, 5.74) is -0.982. The highest BCUT2D eigenvalue weighted by Crippen LogP contribution is 2.38. The topological polar surface area (TPSA) is 385 Å². The van der Waals surface area contributed by atoms with Gasteiger partial charge in [-0.15, -0.1) is 0 Å². The third kappa shape index (κ3) is 24.9. The molecule has 0 fully saturated rings. The maximum Gasteiger partial charge on any atom is 0.316 e. The molecule has 0 radical (unpaired) electrons. The van der Waals surface area contributed by atoms with Crippen LogP contribution in [-0.2, 0) is 30.6 Å². The Bertz CT molecular complexity index is 5700. The number of benzene rings is 3. The zero-order valence-electron chi connectivity index (χ0n) is 77.3. The van der Waals surface area contributed by atoms with Gasteiger partial charge in [0, 0.05) is 78.3 Å². The van der Waals surface area contributed by atoms with Crippen LogP contribution in [0.15, 0.2) is 142 Å². The van der Waals surface area contributed by atoms with E-state index in [1.165, 1.54) is 36.4 Å². The molecule has 6 heterocycles. The van der Waals surface area contributed by atoms with Crippen molar-refractivity contribution in [1.29, 1.82) is 0 Å². The zero-order chi connectivity index (χ0) is 92.8. The van der Waals surface area contributed by atoms with Gasteiger partial charge < -0.3 is 28.4 Å². The lowest BCUT2D eigenvalue weighted by atomic mass is 10.1. The minimum atomic E-state index is -5.19. The number of anilines is 3. The Morgan fingerprint density at radius 1 is 0.417 bits per heavy atom. The normalized spacial score (nSPS) is 16.3. The van der Waals surface area contributed by atoms with Crippen molar-refractivity contribution in [2.45, 2.75) is 60.8 Å². The number of nitrogens with zero attached hydrogens (tertiary/aromatic N) is 12. The largest absolute Gasteiger partial charge is 0.473 e. The molecule has 0 aliphatic carbocycles. The van der Waals surface area contributed by atoms with Crippen molar-refractivity contribution < 1.29 is 90.7 Å². The van der Waals surface area contributed by atoms with E-state index in [4.69, 9.17) is 65.4 Å². The van der Waals surface area contributed by atoms with Crippen molar-refractivity contribution in [2.75, 3.05) is 73.2 Å². The van der Waals surface area contributed by atoms with Gasteiger partial charge in [0.05, 0.1) is 41.4 Å². The lowest BCUT2D eigenvalue weighted by Crippen LogP contribution is -2.31. The van der Waals surface area contributed by atoms with Crippen LogP contribution >= 0.6 is 47.8 Å². The lowest BCUT2D eigenvalue weighted by Gasteiger charge is -2.15. The standard InChI is InChI=1S/3C20H23BrN6O4S/c3*1-3-8-26-32(28,29)27-18-17(15-4-6-16(21)7-5-15)19(25-13-24-18)30-9-10-31-20-22-11-14(2)12-23-20/h3*4-7,11-13,26H,3,8-10H2,1-2H3,(H,24,25,27)/i3D2,4D,5D,6D,7D,8D2,9D2,10D2,13D;4D,5D,6D,7D,8D2,9D2,10D2,13D;11D,12D,13D. The molecule has 0 atom stereocenters. The van der Waals surface area contributed by atoms with Crippen LogP contribution in [0, 0.1) is 20.8 Å². The Morgan fingerprint density at radius 3 is 1.23 bits per heavy atom. The summed E-state index contributed by atoms with van der Waals surface area (Å²) in [7, 11) is -14.0. The minimum absolute atomic E-state index is 0.0312. The van der Waals surface area contributed by atoms with E-state index in [1.807, 2.05) is 11.6 Å². The van der Waals surface area contributed by atoms with E-state index in [2.05, 4.69) is 117 Å². The third-order valence-corrected chi connectivity index (χ3v) is 14.5. The molecule has 0 spiro atoms. The summed E-state index contributed by atoms with van der Waals surface area (Å²) in [6, 6.07) is -0.401. The van der Waals surface area contributed by atoms with Crippen molar-refractivity contribution in [3.05, 3.63) is 159 Å². The maximum atomic E-state index is 13.0. The molecule has 0 unspecified atom stereocenters. The number of nitrogens with one attached hydrogen (secondary N) is 6. The van der Waals surface area contributed by atoms with Gasteiger partial charge in [0.15, 0.2) is 17.5 Å². The molecule has 0 amide bonds. The van der Waals surface area contributed by atoms with Gasteiger partial charge in [-0.25, -0.2) is 59.8 Å². The first-order valence-electron chi connectivity index (χ1n) is 40.3. The summed E-state index contributed by atoms with van der Waals surface area (Å²) in [4.78, 5) is 45.1. The predicted octanol–water partition coefficient (Wildman–Crippen LogP) is 9.36. The Hall–Kier alpha value is -8.49. The second-order valence-electron chi connectivity index (χ2n) is 17.7. The molecule has 9 aromatic rings. The van der Waals surface area contributed by atoms with E-state index in [0.717, 1.165) is 11.4 Å². The zero-order valence-corrected chi connectivity index (χ0v) is 57.5. The van der Waals surface area contributed by atoms with Crippen molar-refractivity contribution >= 4 is 95.9 Å². The summed E-state index contributed by atoms with van der Waals surface area (Å²) in [6.45, 7) is -10.8. The molecule has 0 saturated carbocycles. The quantitative estimate of drug-likeness (QED) is 0.0208. The van der Waals surface area contributed by atoms with Gasteiger partial charge in [-0.2, -0.15) is 39.4 Å². The second kappa shape index (κ2) is 37.7. The minimum Gasteiger partial charge on any atom is -0.473 e. The Labute approximate surface area is 619 Å². The number of hydrogen-bond acceptors (Lipinski definition) is 24. The van der Waals surface area contributed by atoms with Crippen molar-refractivity contribution in [1.82, 2.24) is 74.0 Å². The smallest absolute Gasteiger partial charge is 0.316 e. The van der Waals surface area contributed by atoms with Crippen LogP contribution in [0.25, 0.3) is 33.4 Å². The molecule has 0 aliphatic rings. The number of ether oxygens (including phenoxy) is 6. The van der Waals surface area contributed by atoms with E-state index in [9.17, 15) is 25.3 Å². The number of aryl methyl sites for hydroxylation is 2. The molecular weight excluding hydrogens is 1500 g/mol. The van der Waals surface area contributed by atoms with Crippen LogP contribution in [0.2, 0.25) is 0 Å². The van der Waals surface area contributed by atoms with Gasteiger partial charge in [0.2, 0.25) is 17.6 Å². The average Bonchev–Trinajstić information content (AvgIpc) is 0.744. The van der Waals surface area contributed by atoms with Crippen molar-refractivity contribution in [2.24, 2.45) is 0 Å². The fourth-order valence-corrected chi connectivity index (χ4v) is 9.51. The van der Waals surface area contributed by atoms with Gasteiger partial charge in [-0.05, 0) is 110 Å². The van der Waals surface area contributed by atoms with Crippen LogP contribution < -0.4 is 56.8 Å². The summed E-state index contributed by atoms with van der Waals surface area (Å²) < 4.78 is 337. The lowest BCUT2D eigenvalue weighted by molar-refractivity contribution is 0.202. The fourth-order valence-electron chi connectivity index (χ4n) is 6.42. The molecule has 96 heavy (non-hydrogen) atoms.